The summed E-state index contributed by atoms with van der Waals surface area (Å²) in [6.45, 7) is 0. The van der Waals surface area contributed by atoms with Gasteiger partial charge >= 0.3 is 0 Å². The molecular weight excluding hydrogens is 430 g/mol. The van der Waals surface area contributed by atoms with E-state index in [1.807, 2.05) is 12.3 Å². The van der Waals surface area contributed by atoms with E-state index in [0.717, 1.165) is 11.2 Å². The van der Waals surface area contributed by atoms with Crippen LogP contribution in [0.1, 0.15) is 18.4 Å². The third-order valence-corrected chi connectivity index (χ3v) is 6.74. The summed E-state index contributed by atoms with van der Waals surface area (Å²) in [5.41, 5.74) is 0.676. The van der Waals surface area contributed by atoms with Gasteiger partial charge < -0.3 is 5.32 Å². The van der Waals surface area contributed by atoms with Crippen LogP contribution in [0.3, 0.4) is 0 Å². The Bertz CT molecular complexity index is 1030. The minimum absolute atomic E-state index is 0.0000393. The van der Waals surface area contributed by atoms with Crippen LogP contribution in [0.4, 0.5) is 14.6 Å². The normalized spacial score (nSPS) is 22.1. The second-order valence-electron chi connectivity index (χ2n) is 7.18. The molecule has 0 bridgehead atoms. The lowest BCUT2D eigenvalue weighted by atomic mass is 9.98. The van der Waals surface area contributed by atoms with Crippen molar-refractivity contribution < 1.29 is 22.0 Å². The van der Waals surface area contributed by atoms with Crippen LogP contribution in [-0.2, 0) is 14.6 Å². The molecule has 5 nitrogen and oxygen atoms in total. The van der Waals surface area contributed by atoms with Gasteiger partial charge in [-0.3, -0.25) is 4.79 Å². The molecule has 0 aliphatic heterocycles. The van der Waals surface area contributed by atoms with E-state index < -0.39 is 34.0 Å². The minimum atomic E-state index is -3.39. The number of thioether (sulfide) groups is 1. The van der Waals surface area contributed by atoms with Crippen molar-refractivity contribution in [3.8, 4) is 0 Å². The van der Waals surface area contributed by atoms with Gasteiger partial charge in [-0.25, -0.2) is 22.2 Å². The van der Waals surface area contributed by atoms with Gasteiger partial charge in [-0.15, -0.1) is 11.8 Å². The fraction of sp³-hybridized carbons (Fsp3) is 0.333. The van der Waals surface area contributed by atoms with Gasteiger partial charge in [-0.1, -0.05) is 18.2 Å². The van der Waals surface area contributed by atoms with Gasteiger partial charge in [0.2, 0.25) is 0 Å². The van der Waals surface area contributed by atoms with Gasteiger partial charge in [0, 0.05) is 22.9 Å². The van der Waals surface area contributed by atoms with Crippen molar-refractivity contribution in [3.05, 3.63) is 54.2 Å². The maximum atomic E-state index is 13.6. The number of sulfone groups is 1. The number of allylic oxidation sites excluding steroid dienone is 1. The van der Waals surface area contributed by atoms with Gasteiger partial charge in [-0.05, 0) is 54.8 Å². The van der Waals surface area contributed by atoms with Crippen LogP contribution in [-0.4, -0.2) is 44.2 Å². The molecule has 1 aliphatic carbocycles. The molecule has 1 aromatic carbocycles. The number of rotatable bonds is 6. The highest BCUT2D eigenvalue weighted by Crippen LogP contribution is 2.34. The van der Waals surface area contributed by atoms with Crippen molar-refractivity contribution in [2.24, 2.45) is 5.92 Å². The zero-order valence-electron chi connectivity index (χ0n) is 16.5. The second kappa shape index (κ2) is 9.26. The first kappa shape index (κ1) is 22.4. The molecule has 2 unspecified atom stereocenters. The zero-order valence-corrected chi connectivity index (χ0v) is 18.1. The Balaban J connectivity index is 1.91. The van der Waals surface area contributed by atoms with Crippen molar-refractivity contribution in [3.63, 3.8) is 0 Å². The van der Waals surface area contributed by atoms with Gasteiger partial charge in [0.25, 0.3) is 5.91 Å². The lowest BCUT2D eigenvalue weighted by Crippen LogP contribution is -2.15. The monoisotopic (exact) mass is 452 g/mol. The number of alkyl halides is 2. The number of halogens is 2. The number of carbonyl (C=O) groups is 1. The highest BCUT2D eigenvalue weighted by Gasteiger charge is 2.34. The van der Waals surface area contributed by atoms with Crippen molar-refractivity contribution in [1.29, 1.82) is 0 Å². The van der Waals surface area contributed by atoms with Crippen LogP contribution >= 0.6 is 11.8 Å². The van der Waals surface area contributed by atoms with Crippen LogP contribution in [0.5, 0.6) is 0 Å². The Morgan fingerprint density at radius 2 is 1.77 bits per heavy atom. The molecule has 0 saturated heterocycles. The molecule has 2 atom stereocenters. The second-order valence-corrected chi connectivity index (χ2v) is 10.1. The Hall–Kier alpha value is -2.26. The van der Waals surface area contributed by atoms with E-state index in [4.69, 9.17) is 0 Å². The van der Waals surface area contributed by atoms with Crippen LogP contribution in [0, 0.1) is 5.92 Å². The predicted octanol–water partition coefficient (Wildman–Crippen LogP) is 4.32. The highest BCUT2D eigenvalue weighted by atomic mass is 32.2. The fourth-order valence-electron chi connectivity index (χ4n) is 3.29. The molecule has 30 heavy (non-hydrogen) atoms. The molecule has 1 amide bonds. The third kappa shape index (κ3) is 5.46. The summed E-state index contributed by atoms with van der Waals surface area (Å²) in [7, 11) is -3.39. The SMILES string of the molecule is CSc1ccc(NC(=O)/C(=C/C2CC(F)C(F)C2)c2ccc(S(C)(=O)=O)cc2)nc1. The van der Waals surface area contributed by atoms with Gasteiger partial charge in [0.05, 0.1) is 4.90 Å². The number of aromatic nitrogens is 1. The van der Waals surface area contributed by atoms with Crippen molar-refractivity contribution >= 4 is 38.9 Å². The predicted molar refractivity (Wildman–Crippen MR) is 115 cm³/mol. The summed E-state index contributed by atoms with van der Waals surface area (Å²) >= 11 is 1.52. The Labute approximate surface area is 178 Å². The molecule has 1 aromatic heterocycles. The largest absolute Gasteiger partial charge is 0.307 e. The number of amides is 1. The van der Waals surface area contributed by atoms with Gasteiger partial charge in [0.15, 0.2) is 9.84 Å². The molecule has 9 heteroatoms. The number of carbonyl (C=O) groups excluding carboxylic acids is 1. The fourth-order valence-corrected chi connectivity index (χ4v) is 4.28. The first-order valence-corrected chi connectivity index (χ1v) is 12.4. The van der Waals surface area contributed by atoms with E-state index in [9.17, 15) is 22.0 Å². The van der Waals surface area contributed by atoms with E-state index >= 15 is 0 Å². The molecule has 1 heterocycles. The molecule has 1 saturated carbocycles. The molecule has 0 spiro atoms. The Morgan fingerprint density at radius 1 is 1.13 bits per heavy atom. The topological polar surface area (TPSA) is 76.1 Å². The lowest BCUT2D eigenvalue weighted by Gasteiger charge is -2.12. The molecule has 160 valence electrons. The third-order valence-electron chi connectivity index (χ3n) is 4.90. The van der Waals surface area contributed by atoms with Crippen LogP contribution < -0.4 is 5.32 Å². The van der Waals surface area contributed by atoms with Crippen LogP contribution in [0.15, 0.2) is 58.5 Å². The summed E-state index contributed by atoms with van der Waals surface area (Å²) < 4.78 is 50.7. The van der Waals surface area contributed by atoms with E-state index in [2.05, 4.69) is 10.3 Å². The first-order valence-electron chi connectivity index (χ1n) is 9.29. The van der Waals surface area contributed by atoms with Gasteiger partial charge in [-0.2, -0.15) is 0 Å². The molecule has 3 rings (SSSR count). The van der Waals surface area contributed by atoms with E-state index in [-0.39, 0.29) is 23.3 Å². The number of anilines is 1. The van der Waals surface area contributed by atoms with Crippen LogP contribution in [0.25, 0.3) is 5.57 Å². The van der Waals surface area contributed by atoms with E-state index in [1.54, 1.807) is 18.3 Å². The summed E-state index contributed by atoms with van der Waals surface area (Å²) in [5.74, 6) is -0.573. The quantitative estimate of drug-likeness (QED) is 0.522. The highest BCUT2D eigenvalue weighted by molar-refractivity contribution is 7.98. The smallest absolute Gasteiger partial charge is 0.257 e. The number of nitrogens with zero attached hydrogens (tertiary/aromatic N) is 1. The molecule has 1 N–H and O–H groups in total. The number of hydrogen-bond donors (Lipinski definition) is 1. The van der Waals surface area contributed by atoms with Crippen LogP contribution in [0.2, 0.25) is 0 Å². The summed E-state index contributed by atoms with van der Waals surface area (Å²) in [6.07, 6.45) is 3.09. The van der Waals surface area contributed by atoms with Gasteiger partial charge in [0.1, 0.15) is 18.2 Å². The Morgan fingerprint density at radius 3 is 2.27 bits per heavy atom. The maximum Gasteiger partial charge on any atom is 0.257 e. The molecule has 0 radical (unpaired) electrons. The zero-order chi connectivity index (χ0) is 21.9. The Kier molecular flexibility index (Phi) is 6.92. The summed E-state index contributed by atoms with van der Waals surface area (Å²) in [6, 6.07) is 9.32. The molecule has 2 aromatic rings. The maximum absolute atomic E-state index is 13.6. The summed E-state index contributed by atoms with van der Waals surface area (Å²) in [4.78, 5) is 18.2. The number of benzene rings is 1. The van der Waals surface area contributed by atoms with Crippen molar-refractivity contribution in [2.45, 2.75) is 35.0 Å². The van der Waals surface area contributed by atoms with Crippen molar-refractivity contribution in [1.82, 2.24) is 4.98 Å². The minimum Gasteiger partial charge on any atom is -0.307 e. The molecular formula is C21H22F2N2O3S2. The lowest BCUT2D eigenvalue weighted by molar-refractivity contribution is -0.111. The number of nitrogens with one attached hydrogen (secondary N) is 1. The number of pyridine rings is 1. The van der Waals surface area contributed by atoms with E-state index in [0.29, 0.717) is 11.4 Å². The average Bonchev–Trinajstić information content (AvgIpc) is 3.03. The molecule has 1 aliphatic rings. The molecule has 1 fully saturated rings. The average molecular weight is 453 g/mol. The number of hydrogen-bond acceptors (Lipinski definition) is 5. The van der Waals surface area contributed by atoms with Crippen molar-refractivity contribution in [2.75, 3.05) is 17.8 Å². The standard InChI is InChI=1S/C21H22F2N2O3S2/c1-29-15-5-8-20(24-12-15)25-21(26)17(9-13-10-18(22)19(23)11-13)14-3-6-16(7-4-14)30(2,27)28/h3-9,12-13,18-19H,10-11H2,1-2H3,(H,24,25,26)/b17-9+. The first-order chi connectivity index (χ1) is 14.2. The van der Waals surface area contributed by atoms with E-state index in [1.165, 1.54) is 36.0 Å². The summed E-state index contributed by atoms with van der Waals surface area (Å²) in [5, 5.41) is 2.70.